The summed E-state index contributed by atoms with van der Waals surface area (Å²) in [5.74, 6) is 0.911. The van der Waals surface area contributed by atoms with Gasteiger partial charge in [-0.3, -0.25) is 0 Å². The topological polar surface area (TPSA) is 72.6 Å². The van der Waals surface area contributed by atoms with Gasteiger partial charge in [-0.2, -0.15) is 4.31 Å². The van der Waals surface area contributed by atoms with Crippen molar-refractivity contribution in [3.63, 3.8) is 0 Å². The molecule has 1 aliphatic heterocycles. The summed E-state index contributed by atoms with van der Waals surface area (Å²) in [5, 5.41) is 0. The van der Waals surface area contributed by atoms with Crippen LogP contribution in [0.4, 0.5) is 0 Å². The molecule has 1 saturated heterocycles. The number of piperidine rings is 1. The van der Waals surface area contributed by atoms with Crippen molar-refractivity contribution in [2.75, 3.05) is 26.0 Å². The first-order valence-corrected chi connectivity index (χ1v) is 8.90. The van der Waals surface area contributed by atoms with E-state index in [1.54, 1.807) is 11.4 Å². The molecule has 7 heteroatoms. The van der Waals surface area contributed by atoms with E-state index in [1.807, 2.05) is 0 Å². The molecule has 0 aromatic rings. The minimum absolute atomic E-state index is 0. The van der Waals surface area contributed by atoms with E-state index >= 15 is 0 Å². The van der Waals surface area contributed by atoms with E-state index in [-0.39, 0.29) is 30.3 Å². The van der Waals surface area contributed by atoms with Crippen molar-refractivity contribution in [1.29, 1.82) is 0 Å². The molecule has 1 aliphatic carbocycles. The zero-order valence-corrected chi connectivity index (χ0v) is 13.8. The molecule has 2 atom stereocenters. The summed E-state index contributed by atoms with van der Waals surface area (Å²) in [7, 11) is -1.47. The lowest BCUT2D eigenvalue weighted by Gasteiger charge is -2.38. The van der Waals surface area contributed by atoms with Crippen molar-refractivity contribution in [3.8, 4) is 0 Å². The van der Waals surface area contributed by atoms with Crippen LogP contribution in [0.5, 0.6) is 0 Å². The van der Waals surface area contributed by atoms with E-state index in [4.69, 9.17) is 10.5 Å². The first kappa shape index (κ1) is 18.2. The van der Waals surface area contributed by atoms with Crippen LogP contribution in [-0.4, -0.2) is 50.8 Å². The van der Waals surface area contributed by atoms with Crippen molar-refractivity contribution in [2.45, 2.75) is 50.7 Å². The van der Waals surface area contributed by atoms with Crippen molar-refractivity contribution in [1.82, 2.24) is 4.31 Å². The molecule has 2 unspecified atom stereocenters. The van der Waals surface area contributed by atoms with Gasteiger partial charge < -0.3 is 10.5 Å². The summed E-state index contributed by atoms with van der Waals surface area (Å²) in [5.41, 5.74) is 5.74. The van der Waals surface area contributed by atoms with E-state index in [0.717, 1.165) is 19.3 Å². The second-order valence-corrected chi connectivity index (χ2v) is 7.83. The van der Waals surface area contributed by atoms with Gasteiger partial charge in [0.2, 0.25) is 10.0 Å². The van der Waals surface area contributed by atoms with Gasteiger partial charge in [0.05, 0.1) is 11.9 Å². The first-order valence-electron chi connectivity index (χ1n) is 7.29. The number of methoxy groups -OCH3 is 1. The number of halogens is 1. The highest BCUT2D eigenvalue weighted by Crippen LogP contribution is 2.31. The quantitative estimate of drug-likeness (QED) is 0.800. The van der Waals surface area contributed by atoms with E-state index < -0.39 is 10.0 Å². The van der Waals surface area contributed by atoms with Crippen LogP contribution in [0.1, 0.15) is 38.5 Å². The fourth-order valence-electron chi connectivity index (χ4n) is 3.00. The lowest BCUT2D eigenvalue weighted by Crippen LogP contribution is -2.51. The van der Waals surface area contributed by atoms with Crippen LogP contribution < -0.4 is 5.73 Å². The number of ether oxygens (including phenoxy) is 1. The third-order valence-corrected chi connectivity index (χ3v) is 6.53. The largest absolute Gasteiger partial charge is 0.381 e. The van der Waals surface area contributed by atoms with Crippen molar-refractivity contribution in [2.24, 2.45) is 11.7 Å². The fraction of sp³-hybridized carbons (Fsp3) is 1.00. The van der Waals surface area contributed by atoms with E-state index in [2.05, 4.69) is 0 Å². The molecule has 2 fully saturated rings. The molecule has 120 valence electrons. The highest BCUT2D eigenvalue weighted by Gasteiger charge is 2.35. The number of nitrogens with two attached hydrogens (primary N) is 1. The molecule has 2 N–H and O–H groups in total. The van der Waals surface area contributed by atoms with Gasteiger partial charge in [0.25, 0.3) is 0 Å². The second-order valence-electron chi connectivity index (χ2n) is 5.78. The lowest BCUT2D eigenvalue weighted by atomic mass is 9.84. The third-order valence-electron chi connectivity index (χ3n) is 4.59. The van der Waals surface area contributed by atoms with Crippen LogP contribution in [0.25, 0.3) is 0 Å². The maximum absolute atomic E-state index is 12.4. The number of rotatable bonds is 6. The highest BCUT2D eigenvalue weighted by molar-refractivity contribution is 7.89. The number of hydrogen-bond donors (Lipinski definition) is 1. The average Bonchev–Trinajstić information content (AvgIpc) is 2.35. The van der Waals surface area contributed by atoms with Gasteiger partial charge in [0.15, 0.2) is 0 Å². The minimum Gasteiger partial charge on any atom is -0.381 e. The van der Waals surface area contributed by atoms with E-state index in [9.17, 15) is 8.42 Å². The smallest absolute Gasteiger partial charge is 0.214 e. The molecule has 2 rings (SSSR count). The number of nitrogens with zero attached hydrogens (tertiary/aromatic N) is 1. The Morgan fingerprint density at radius 3 is 2.50 bits per heavy atom. The molecular formula is C13H27ClN2O3S. The molecule has 2 aliphatic rings. The molecule has 0 spiro atoms. The van der Waals surface area contributed by atoms with Gasteiger partial charge in [-0.05, 0) is 25.2 Å². The standard InChI is InChI=1S/C13H26N2O3S.ClH/c1-18-13-5-7-15(12(9-13)10-14)19(16,17)8-6-11-3-2-4-11;/h11-13H,2-10,14H2,1H3;1H. The summed E-state index contributed by atoms with van der Waals surface area (Å²) in [4.78, 5) is 0. The molecule has 20 heavy (non-hydrogen) atoms. The molecule has 0 radical (unpaired) electrons. The first-order chi connectivity index (χ1) is 9.06. The predicted molar refractivity (Wildman–Crippen MR) is 82.6 cm³/mol. The Morgan fingerprint density at radius 2 is 2.00 bits per heavy atom. The van der Waals surface area contributed by atoms with E-state index in [1.165, 1.54) is 19.3 Å². The maximum Gasteiger partial charge on any atom is 0.214 e. The summed E-state index contributed by atoms with van der Waals surface area (Å²) in [6.07, 6.45) is 6.10. The van der Waals surface area contributed by atoms with Crippen LogP contribution in [0.3, 0.4) is 0 Å². The van der Waals surface area contributed by atoms with Gasteiger partial charge in [-0.25, -0.2) is 8.42 Å². The molecule has 0 bridgehead atoms. The van der Waals surface area contributed by atoms with Crippen molar-refractivity contribution < 1.29 is 13.2 Å². The molecular weight excluding hydrogens is 300 g/mol. The Bertz CT molecular complexity index is 387. The van der Waals surface area contributed by atoms with Gasteiger partial charge in [0, 0.05) is 26.2 Å². The van der Waals surface area contributed by atoms with Crippen molar-refractivity contribution in [3.05, 3.63) is 0 Å². The van der Waals surface area contributed by atoms with Crippen LogP contribution in [0.15, 0.2) is 0 Å². The summed E-state index contributed by atoms with van der Waals surface area (Å²) >= 11 is 0. The second kappa shape index (κ2) is 7.94. The van der Waals surface area contributed by atoms with Crippen LogP contribution in [0, 0.1) is 5.92 Å². The van der Waals surface area contributed by atoms with Gasteiger partial charge in [-0.15, -0.1) is 12.4 Å². The molecule has 5 nitrogen and oxygen atoms in total. The average molecular weight is 327 g/mol. The number of hydrogen-bond acceptors (Lipinski definition) is 4. The molecule has 1 heterocycles. The Balaban J connectivity index is 0.00000200. The van der Waals surface area contributed by atoms with Gasteiger partial charge in [0.1, 0.15) is 0 Å². The number of sulfonamides is 1. The Kier molecular flexibility index (Phi) is 7.21. The summed E-state index contributed by atoms with van der Waals surface area (Å²) < 4.78 is 31.8. The van der Waals surface area contributed by atoms with Gasteiger partial charge in [-0.1, -0.05) is 19.3 Å². The Labute approximate surface area is 128 Å². The van der Waals surface area contributed by atoms with E-state index in [0.29, 0.717) is 19.0 Å². The molecule has 1 saturated carbocycles. The summed E-state index contributed by atoms with van der Waals surface area (Å²) in [6.45, 7) is 0.926. The minimum atomic E-state index is -3.15. The lowest BCUT2D eigenvalue weighted by molar-refractivity contribution is 0.0401. The maximum atomic E-state index is 12.4. The zero-order valence-electron chi connectivity index (χ0n) is 12.2. The summed E-state index contributed by atoms with van der Waals surface area (Å²) in [6, 6.07) is -0.0925. The molecule has 0 aromatic heterocycles. The Morgan fingerprint density at radius 1 is 1.30 bits per heavy atom. The van der Waals surface area contributed by atoms with Crippen molar-refractivity contribution >= 4 is 22.4 Å². The Hall–Kier alpha value is 0.120. The normalized spacial score (nSPS) is 28.7. The predicted octanol–water partition coefficient (Wildman–Crippen LogP) is 1.37. The third kappa shape index (κ3) is 4.31. The van der Waals surface area contributed by atoms with Crippen LogP contribution in [0.2, 0.25) is 0 Å². The SMILES string of the molecule is COC1CCN(S(=O)(=O)CCC2CCC2)C(CN)C1.Cl. The fourth-order valence-corrected chi connectivity index (χ4v) is 4.88. The molecule has 0 aromatic carbocycles. The highest BCUT2D eigenvalue weighted by atomic mass is 35.5. The van der Waals surface area contributed by atoms with Crippen LogP contribution in [-0.2, 0) is 14.8 Å². The molecule has 0 amide bonds. The monoisotopic (exact) mass is 326 g/mol. The zero-order chi connectivity index (χ0) is 13.9. The van der Waals surface area contributed by atoms with Gasteiger partial charge >= 0.3 is 0 Å². The van der Waals surface area contributed by atoms with Crippen LogP contribution >= 0.6 is 12.4 Å².